The Balaban J connectivity index is 1.88. The molecule has 2 amide bonds. The molecule has 0 bridgehead atoms. The number of benzene rings is 2. The van der Waals surface area contributed by atoms with Crippen molar-refractivity contribution < 1.29 is 22.4 Å². The van der Waals surface area contributed by atoms with Gasteiger partial charge in [-0.3, -0.25) is 9.59 Å². The average molecular weight is 434 g/mol. The number of amides is 2. The van der Waals surface area contributed by atoms with Gasteiger partial charge in [0.2, 0.25) is 21.8 Å². The maximum absolute atomic E-state index is 13.2. The van der Waals surface area contributed by atoms with Gasteiger partial charge in [-0.05, 0) is 30.2 Å². The highest BCUT2D eigenvalue weighted by atomic mass is 32.2. The zero-order chi connectivity index (χ0) is 21.9. The Hall–Kier alpha value is -2.78. The first-order chi connectivity index (χ1) is 14.1. The number of hydrogen-bond donors (Lipinski definition) is 1. The molecular weight excluding hydrogens is 409 g/mol. The highest BCUT2D eigenvalue weighted by molar-refractivity contribution is 7.88. The van der Waals surface area contributed by atoms with Gasteiger partial charge in [0, 0.05) is 19.6 Å². The first-order valence-corrected chi connectivity index (χ1v) is 11.3. The quantitative estimate of drug-likeness (QED) is 0.748. The lowest BCUT2D eigenvalue weighted by molar-refractivity contribution is -0.153. The Morgan fingerprint density at radius 2 is 1.73 bits per heavy atom. The van der Waals surface area contributed by atoms with Crippen LogP contribution in [0.5, 0.6) is 0 Å². The van der Waals surface area contributed by atoms with Crippen molar-refractivity contribution in [2.75, 3.05) is 19.3 Å². The molecule has 0 spiro atoms. The molecule has 1 heterocycles. The summed E-state index contributed by atoms with van der Waals surface area (Å²) < 4.78 is 38.5. The largest absolute Gasteiger partial charge is 0.350 e. The second-order valence-electron chi connectivity index (χ2n) is 7.58. The van der Waals surface area contributed by atoms with Crippen molar-refractivity contribution in [1.29, 1.82) is 0 Å². The Kier molecular flexibility index (Phi) is 6.23. The molecule has 1 fully saturated rings. The van der Waals surface area contributed by atoms with Crippen LogP contribution in [0, 0.1) is 5.82 Å². The van der Waals surface area contributed by atoms with E-state index in [1.54, 1.807) is 6.92 Å². The molecule has 2 aromatic carbocycles. The number of sulfonamides is 1. The molecule has 1 N–H and O–H groups in total. The van der Waals surface area contributed by atoms with E-state index >= 15 is 0 Å². The summed E-state index contributed by atoms with van der Waals surface area (Å²) in [6.07, 6.45) is 1.01. The molecule has 1 aliphatic heterocycles. The molecule has 0 aromatic heterocycles. The summed E-state index contributed by atoms with van der Waals surface area (Å²) in [4.78, 5) is 27.4. The summed E-state index contributed by atoms with van der Waals surface area (Å²) in [6, 6.07) is 14.9. The predicted molar refractivity (Wildman–Crippen MR) is 110 cm³/mol. The van der Waals surface area contributed by atoms with E-state index in [4.69, 9.17) is 0 Å². The third-order valence-corrected chi connectivity index (χ3v) is 6.40. The standard InChI is InChI=1S/C21H24FN3O4S/c1-21(20(27)23-12-16-6-4-3-5-7-16)15-24(30(2,28)29)14-19(26)25(21)13-17-8-10-18(22)11-9-17/h3-11H,12-15H2,1-2H3,(H,23,27). The topological polar surface area (TPSA) is 86.8 Å². The lowest BCUT2D eigenvalue weighted by Crippen LogP contribution is -2.69. The van der Waals surface area contributed by atoms with E-state index in [0.29, 0.717) is 5.56 Å². The smallest absolute Gasteiger partial charge is 0.247 e. The van der Waals surface area contributed by atoms with Gasteiger partial charge in [0.05, 0.1) is 12.8 Å². The van der Waals surface area contributed by atoms with E-state index in [2.05, 4.69) is 5.32 Å². The molecule has 30 heavy (non-hydrogen) atoms. The summed E-state index contributed by atoms with van der Waals surface area (Å²) in [5.74, 6) is -1.36. The molecule has 1 aliphatic rings. The normalized spacial score (nSPS) is 20.2. The van der Waals surface area contributed by atoms with Crippen molar-refractivity contribution in [2.24, 2.45) is 0 Å². The van der Waals surface area contributed by atoms with E-state index in [1.165, 1.54) is 29.2 Å². The van der Waals surface area contributed by atoms with Gasteiger partial charge >= 0.3 is 0 Å². The summed E-state index contributed by atoms with van der Waals surface area (Å²) >= 11 is 0. The molecular formula is C21H24FN3O4S. The number of piperazine rings is 1. The molecule has 3 rings (SSSR count). The van der Waals surface area contributed by atoms with Crippen molar-refractivity contribution in [1.82, 2.24) is 14.5 Å². The van der Waals surface area contributed by atoms with Crippen LogP contribution in [0.4, 0.5) is 4.39 Å². The predicted octanol–water partition coefficient (Wildman–Crippen LogP) is 1.50. The van der Waals surface area contributed by atoms with Crippen LogP contribution in [-0.2, 0) is 32.7 Å². The summed E-state index contributed by atoms with van der Waals surface area (Å²) in [5, 5.41) is 2.81. The number of carbonyl (C=O) groups is 2. The van der Waals surface area contributed by atoms with Crippen molar-refractivity contribution in [3.8, 4) is 0 Å². The van der Waals surface area contributed by atoms with Crippen LogP contribution in [0.15, 0.2) is 54.6 Å². The van der Waals surface area contributed by atoms with Crippen molar-refractivity contribution >= 4 is 21.8 Å². The van der Waals surface area contributed by atoms with Gasteiger partial charge in [0.15, 0.2) is 0 Å². The van der Waals surface area contributed by atoms with E-state index in [-0.39, 0.29) is 26.2 Å². The molecule has 7 nitrogen and oxygen atoms in total. The molecule has 0 aliphatic carbocycles. The fraction of sp³-hybridized carbons (Fsp3) is 0.333. The average Bonchev–Trinajstić information content (AvgIpc) is 2.70. The van der Waals surface area contributed by atoms with E-state index in [0.717, 1.165) is 16.1 Å². The van der Waals surface area contributed by atoms with Crippen LogP contribution < -0.4 is 5.32 Å². The Bertz CT molecular complexity index is 1030. The molecule has 1 atom stereocenters. The van der Waals surface area contributed by atoms with E-state index in [9.17, 15) is 22.4 Å². The molecule has 1 saturated heterocycles. The highest BCUT2D eigenvalue weighted by Crippen LogP contribution is 2.27. The number of rotatable bonds is 6. The molecule has 0 radical (unpaired) electrons. The first-order valence-electron chi connectivity index (χ1n) is 9.42. The Morgan fingerprint density at radius 3 is 2.33 bits per heavy atom. The third kappa shape index (κ3) is 4.85. The Morgan fingerprint density at radius 1 is 1.10 bits per heavy atom. The molecule has 0 saturated carbocycles. The van der Waals surface area contributed by atoms with E-state index < -0.39 is 33.2 Å². The summed E-state index contributed by atoms with van der Waals surface area (Å²) in [5.41, 5.74) is 0.0861. The van der Waals surface area contributed by atoms with Crippen molar-refractivity contribution in [3.05, 3.63) is 71.5 Å². The number of nitrogens with zero attached hydrogens (tertiary/aromatic N) is 2. The zero-order valence-electron chi connectivity index (χ0n) is 16.8. The van der Waals surface area contributed by atoms with Crippen LogP contribution in [-0.4, -0.2) is 54.3 Å². The summed E-state index contributed by atoms with van der Waals surface area (Å²) in [6.45, 7) is 1.34. The van der Waals surface area contributed by atoms with Gasteiger partial charge in [0.1, 0.15) is 11.4 Å². The lowest BCUT2D eigenvalue weighted by atomic mass is 9.94. The zero-order valence-corrected chi connectivity index (χ0v) is 17.7. The van der Waals surface area contributed by atoms with Gasteiger partial charge < -0.3 is 10.2 Å². The van der Waals surface area contributed by atoms with Gasteiger partial charge in [-0.2, -0.15) is 4.31 Å². The van der Waals surface area contributed by atoms with Crippen molar-refractivity contribution in [2.45, 2.75) is 25.6 Å². The highest BCUT2D eigenvalue weighted by Gasteiger charge is 2.49. The minimum absolute atomic E-state index is 0.0615. The molecule has 1 unspecified atom stereocenters. The number of hydrogen-bond acceptors (Lipinski definition) is 4. The SMILES string of the molecule is CC1(C(=O)NCc2ccccc2)CN(S(C)(=O)=O)CC(=O)N1Cc1ccc(F)cc1. The van der Waals surface area contributed by atoms with Gasteiger partial charge in [-0.25, -0.2) is 12.8 Å². The molecule has 9 heteroatoms. The van der Waals surface area contributed by atoms with Crippen LogP contribution >= 0.6 is 0 Å². The van der Waals surface area contributed by atoms with Crippen LogP contribution in [0.25, 0.3) is 0 Å². The maximum atomic E-state index is 13.2. The fourth-order valence-electron chi connectivity index (χ4n) is 3.43. The van der Waals surface area contributed by atoms with Crippen LogP contribution in [0.1, 0.15) is 18.1 Å². The summed E-state index contributed by atoms with van der Waals surface area (Å²) in [7, 11) is -3.68. The maximum Gasteiger partial charge on any atom is 0.247 e. The third-order valence-electron chi connectivity index (χ3n) is 5.20. The van der Waals surface area contributed by atoms with E-state index in [1.807, 2.05) is 30.3 Å². The number of halogens is 1. The minimum Gasteiger partial charge on any atom is -0.350 e. The number of carbonyl (C=O) groups excluding carboxylic acids is 2. The molecule has 2 aromatic rings. The fourth-order valence-corrected chi connectivity index (χ4v) is 4.26. The van der Waals surface area contributed by atoms with Crippen molar-refractivity contribution in [3.63, 3.8) is 0 Å². The Labute approximate surface area is 175 Å². The number of nitrogens with one attached hydrogen (secondary N) is 1. The monoisotopic (exact) mass is 433 g/mol. The minimum atomic E-state index is -3.68. The van der Waals surface area contributed by atoms with Gasteiger partial charge in [0.25, 0.3) is 0 Å². The first kappa shape index (κ1) is 21.9. The van der Waals surface area contributed by atoms with Crippen LogP contribution in [0.2, 0.25) is 0 Å². The second-order valence-corrected chi connectivity index (χ2v) is 9.56. The van der Waals surface area contributed by atoms with Gasteiger partial charge in [-0.1, -0.05) is 42.5 Å². The molecule has 160 valence electrons. The van der Waals surface area contributed by atoms with Gasteiger partial charge in [-0.15, -0.1) is 0 Å². The lowest BCUT2D eigenvalue weighted by Gasteiger charge is -2.46. The van der Waals surface area contributed by atoms with Crippen LogP contribution in [0.3, 0.4) is 0 Å². The second kappa shape index (κ2) is 8.53.